The Morgan fingerprint density at radius 1 is 0.750 bits per heavy atom. The minimum Gasteiger partial charge on any atom is -0.379 e. The van der Waals surface area contributed by atoms with Crippen molar-refractivity contribution in [3.05, 3.63) is 90.3 Å². The molecule has 32 heavy (non-hydrogen) atoms. The van der Waals surface area contributed by atoms with Crippen LogP contribution in [0.1, 0.15) is 43.9 Å². The van der Waals surface area contributed by atoms with E-state index in [1.807, 2.05) is 62.0 Å². The van der Waals surface area contributed by atoms with E-state index >= 15 is 0 Å². The maximum absolute atomic E-state index is 5.20. The molecule has 4 rings (SSSR count). The fourth-order valence-electron chi connectivity index (χ4n) is 2.81. The van der Waals surface area contributed by atoms with Crippen LogP contribution in [-0.4, -0.2) is 52.7 Å². The average Bonchev–Trinajstić information content (AvgIpc) is 2.87. The summed E-state index contributed by atoms with van der Waals surface area (Å²) in [5.74, 6) is 0. The number of hydrogen-bond donors (Lipinski definition) is 0. The molecule has 1 aliphatic heterocycles. The quantitative estimate of drug-likeness (QED) is 0.547. The van der Waals surface area contributed by atoms with E-state index in [4.69, 9.17) is 4.74 Å². The van der Waals surface area contributed by atoms with E-state index in [2.05, 4.69) is 46.7 Å². The molecule has 0 spiro atoms. The van der Waals surface area contributed by atoms with Crippen molar-refractivity contribution in [2.45, 2.75) is 47.0 Å². The number of aromatic nitrogens is 3. The number of nitrogens with zero attached hydrogens (tertiary/aromatic N) is 4. The third-order valence-corrected chi connectivity index (χ3v) is 4.74. The highest BCUT2D eigenvalue weighted by Crippen LogP contribution is 1.97. The predicted octanol–water partition coefficient (Wildman–Crippen LogP) is 5.41. The van der Waals surface area contributed by atoms with Crippen LogP contribution in [0.25, 0.3) is 0 Å². The van der Waals surface area contributed by atoms with Crippen LogP contribution in [0.5, 0.6) is 0 Å². The number of aryl methyl sites for hydroxylation is 3. The minimum absolute atomic E-state index is 0.931. The summed E-state index contributed by atoms with van der Waals surface area (Å²) in [7, 11) is 0. The van der Waals surface area contributed by atoms with E-state index in [0.29, 0.717) is 0 Å². The molecule has 5 heteroatoms. The SMILES string of the molecule is CCCN1CCOCC1.CCc1cccnc1.CCc1ccncc1.Cc1cccnc1. The Morgan fingerprint density at radius 3 is 1.75 bits per heavy atom. The molecule has 0 aliphatic carbocycles. The average molecular weight is 437 g/mol. The summed E-state index contributed by atoms with van der Waals surface area (Å²) in [4.78, 5) is 14.2. The highest BCUT2D eigenvalue weighted by molar-refractivity contribution is 5.08. The van der Waals surface area contributed by atoms with Crippen LogP contribution in [0.2, 0.25) is 0 Å². The van der Waals surface area contributed by atoms with E-state index in [1.54, 1.807) is 12.4 Å². The summed E-state index contributed by atoms with van der Waals surface area (Å²) in [5.41, 5.74) is 3.86. The molecule has 4 heterocycles. The lowest BCUT2D eigenvalue weighted by Gasteiger charge is -2.25. The van der Waals surface area contributed by atoms with Gasteiger partial charge in [-0.1, -0.05) is 32.9 Å². The van der Waals surface area contributed by atoms with Crippen LogP contribution in [-0.2, 0) is 17.6 Å². The zero-order valence-electron chi connectivity index (χ0n) is 20.3. The van der Waals surface area contributed by atoms with Crippen molar-refractivity contribution in [3.8, 4) is 0 Å². The maximum atomic E-state index is 5.20. The molecular formula is C27H40N4O. The van der Waals surface area contributed by atoms with Gasteiger partial charge < -0.3 is 4.74 Å². The highest BCUT2D eigenvalue weighted by Gasteiger charge is 2.07. The Labute approximate surface area is 194 Å². The fourth-order valence-corrected chi connectivity index (χ4v) is 2.81. The van der Waals surface area contributed by atoms with Gasteiger partial charge in [-0.3, -0.25) is 19.9 Å². The normalized spacial score (nSPS) is 12.8. The van der Waals surface area contributed by atoms with Crippen molar-refractivity contribution < 1.29 is 4.74 Å². The molecule has 3 aromatic rings. The lowest BCUT2D eigenvalue weighted by Crippen LogP contribution is -2.36. The molecule has 0 saturated carbocycles. The molecule has 0 radical (unpaired) electrons. The molecule has 0 aromatic carbocycles. The van der Waals surface area contributed by atoms with Crippen LogP contribution in [0.15, 0.2) is 73.6 Å². The lowest BCUT2D eigenvalue weighted by atomic mass is 10.2. The monoisotopic (exact) mass is 436 g/mol. The number of rotatable bonds is 4. The zero-order chi connectivity index (χ0) is 23.3. The summed E-state index contributed by atoms with van der Waals surface area (Å²) in [5, 5.41) is 0. The van der Waals surface area contributed by atoms with Gasteiger partial charge in [-0.25, -0.2) is 0 Å². The Morgan fingerprint density at radius 2 is 1.38 bits per heavy atom. The van der Waals surface area contributed by atoms with E-state index in [-0.39, 0.29) is 0 Å². The second kappa shape index (κ2) is 19.1. The predicted molar refractivity (Wildman–Crippen MR) is 134 cm³/mol. The van der Waals surface area contributed by atoms with Gasteiger partial charge in [-0.05, 0) is 73.7 Å². The highest BCUT2D eigenvalue weighted by atomic mass is 16.5. The zero-order valence-corrected chi connectivity index (χ0v) is 20.3. The van der Waals surface area contributed by atoms with Gasteiger partial charge in [0.1, 0.15) is 0 Å². The Kier molecular flexibility index (Phi) is 16.3. The second-order valence-electron chi connectivity index (χ2n) is 7.41. The molecule has 0 unspecified atom stereocenters. The summed E-state index contributed by atoms with van der Waals surface area (Å²) in [6.45, 7) is 13.9. The third-order valence-electron chi connectivity index (χ3n) is 4.74. The summed E-state index contributed by atoms with van der Waals surface area (Å²) in [6.07, 6.45) is 14.4. The van der Waals surface area contributed by atoms with Crippen molar-refractivity contribution in [3.63, 3.8) is 0 Å². The van der Waals surface area contributed by atoms with Gasteiger partial charge in [0.25, 0.3) is 0 Å². The summed E-state index contributed by atoms with van der Waals surface area (Å²) < 4.78 is 5.20. The van der Waals surface area contributed by atoms with Gasteiger partial charge in [0.05, 0.1) is 13.2 Å². The first-order valence-corrected chi connectivity index (χ1v) is 11.6. The first-order valence-electron chi connectivity index (χ1n) is 11.6. The van der Waals surface area contributed by atoms with E-state index in [0.717, 1.165) is 39.1 Å². The van der Waals surface area contributed by atoms with Gasteiger partial charge in [0, 0.05) is 50.3 Å². The molecule has 174 valence electrons. The van der Waals surface area contributed by atoms with Crippen molar-refractivity contribution in [1.29, 1.82) is 0 Å². The van der Waals surface area contributed by atoms with E-state index in [1.165, 1.54) is 29.7 Å². The largest absolute Gasteiger partial charge is 0.379 e. The van der Waals surface area contributed by atoms with Gasteiger partial charge in [0.15, 0.2) is 0 Å². The number of hydrogen-bond acceptors (Lipinski definition) is 5. The summed E-state index contributed by atoms with van der Waals surface area (Å²) >= 11 is 0. The molecular weight excluding hydrogens is 396 g/mol. The molecule has 1 saturated heterocycles. The number of morpholine rings is 1. The second-order valence-corrected chi connectivity index (χ2v) is 7.41. The van der Waals surface area contributed by atoms with Crippen LogP contribution in [0.4, 0.5) is 0 Å². The first-order chi connectivity index (χ1) is 15.7. The maximum Gasteiger partial charge on any atom is 0.0594 e. The standard InChI is InChI=1S/C7H15NO.2C7H9N.C6H7N/c1-2-3-8-4-6-9-7-5-8;1-2-7-3-5-8-6-4-7;1-2-7-4-3-5-8-6-7;1-6-3-2-4-7-5-6/h2-7H2,1H3;2*3-6H,2H2,1H3;2-5H,1H3. The summed E-state index contributed by atoms with van der Waals surface area (Å²) in [6, 6.07) is 12.0. The van der Waals surface area contributed by atoms with Crippen molar-refractivity contribution in [1.82, 2.24) is 19.9 Å². The van der Waals surface area contributed by atoms with E-state index in [9.17, 15) is 0 Å². The molecule has 1 fully saturated rings. The molecule has 0 atom stereocenters. The van der Waals surface area contributed by atoms with Crippen LogP contribution in [0.3, 0.4) is 0 Å². The van der Waals surface area contributed by atoms with Crippen molar-refractivity contribution >= 4 is 0 Å². The minimum atomic E-state index is 0.931. The molecule has 0 amide bonds. The molecule has 0 bridgehead atoms. The first kappa shape index (κ1) is 27.4. The molecule has 5 nitrogen and oxygen atoms in total. The lowest BCUT2D eigenvalue weighted by molar-refractivity contribution is 0.0380. The van der Waals surface area contributed by atoms with Gasteiger partial charge in [-0.2, -0.15) is 0 Å². The van der Waals surface area contributed by atoms with Crippen molar-refractivity contribution in [2.75, 3.05) is 32.8 Å². The molecule has 1 aliphatic rings. The molecule has 0 N–H and O–H groups in total. The third kappa shape index (κ3) is 14.4. The van der Waals surface area contributed by atoms with Crippen LogP contribution >= 0.6 is 0 Å². The fraction of sp³-hybridized carbons (Fsp3) is 0.444. The van der Waals surface area contributed by atoms with E-state index < -0.39 is 0 Å². The van der Waals surface area contributed by atoms with Gasteiger partial charge >= 0.3 is 0 Å². The number of ether oxygens (including phenoxy) is 1. The van der Waals surface area contributed by atoms with Gasteiger partial charge in [-0.15, -0.1) is 0 Å². The Balaban J connectivity index is 0.000000214. The van der Waals surface area contributed by atoms with Gasteiger partial charge in [0.2, 0.25) is 0 Å². The Hall–Kier alpha value is -2.63. The number of pyridine rings is 3. The van der Waals surface area contributed by atoms with Crippen molar-refractivity contribution in [2.24, 2.45) is 0 Å². The topological polar surface area (TPSA) is 51.1 Å². The Bertz CT molecular complexity index is 721. The molecule has 3 aromatic heterocycles. The van der Waals surface area contributed by atoms with Crippen LogP contribution < -0.4 is 0 Å². The smallest absolute Gasteiger partial charge is 0.0594 e. The van der Waals surface area contributed by atoms with Crippen LogP contribution in [0, 0.1) is 6.92 Å².